The highest BCUT2D eigenvalue weighted by atomic mass is 19.1. The van der Waals surface area contributed by atoms with Gasteiger partial charge in [0.2, 0.25) is 5.91 Å². The van der Waals surface area contributed by atoms with E-state index in [0.29, 0.717) is 12.1 Å². The van der Waals surface area contributed by atoms with E-state index in [9.17, 15) is 24.2 Å². The minimum Gasteiger partial charge on any atom is -0.481 e. The van der Waals surface area contributed by atoms with Gasteiger partial charge >= 0.3 is 5.97 Å². The fourth-order valence-corrected chi connectivity index (χ4v) is 4.54. The molecule has 3 rings (SSSR count). The Morgan fingerprint density at radius 2 is 1.89 bits per heavy atom. The predicted octanol–water partition coefficient (Wildman–Crippen LogP) is 2.63. The lowest BCUT2D eigenvalue weighted by atomic mass is 9.78. The molecular weight excluding hydrogens is 365 g/mol. The zero-order chi connectivity index (χ0) is 20.3. The van der Waals surface area contributed by atoms with Crippen molar-refractivity contribution in [3.63, 3.8) is 0 Å². The number of carbonyl (C=O) groups is 2. The summed E-state index contributed by atoms with van der Waals surface area (Å²) in [6, 6.07) is 5.53. The summed E-state index contributed by atoms with van der Waals surface area (Å²) in [6.45, 7) is 0. The van der Waals surface area contributed by atoms with E-state index in [0.717, 1.165) is 25.7 Å². The van der Waals surface area contributed by atoms with Crippen molar-refractivity contribution in [2.75, 3.05) is 4.90 Å². The number of benzene rings is 1. The number of carbonyl (C=O) groups excluding carboxylic acids is 1. The van der Waals surface area contributed by atoms with Gasteiger partial charge in [-0.25, -0.2) is 4.39 Å². The van der Waals surface area contributed by atoms with Gasteiger partial charge in [0.25, 0.3) is 0 Å². The number of aliphatic hydroxyl groups is 2. The van der Waals surface area contributed by atoms with Gasteiger partial charge in [-0.1, -0.05) is 25.0 Å². The number of rotatable bonds is 7. The summed E-state index contributed by atoms with van der Waals surface area (Å²) in [5.74, 6) is -1.53. The summed E-state index contributed by atoms with van der Waals surface area (Å²) in [7, 11) is 0. The van der Waals surface area contributed by atoms with Crippen LogP contribution in [-0.4, -0.2) is 45.4 Å². The maximum Gasteiger partial charge on any atom is 0.305 e. The van der Waals surface area contributed by atoms with Crippen LogP contribution in [0.15, 0.2) is 36.4 Å². The van der Waals surface area contributed by atoms with Crippen LogP contribution in [0.4, 0.5) is 10.1 Å². The molecule has 3 N–H and O–H groups in total. The zero-order valence-electron chi connectivity index (χ0n) is 15.6. The van der Waals surface area contributed by atoms with Crippen LogP contribution in [0.3, 0.4) is 0 Å². The Labute approximate surface area is 163 Å². The maximum atomic E-state index is 13.3. The smallest absolute Gasteiger partial charge is 0.305 e. The molecule has 28 heavy (non-hydrogen) atoms. The van der Waals surface area contributed by atoms with E-state index in [1.165, 1.54) is 18.2 Å². The van der Waals surface area contributed by atoms with Crippen LogP contribution < -0.4 is 4.90 Å². The van der Waals surface area contributed by atoms with Crippen LogP contribution in [0.2, 0.25) is 0 Å². The minimum atomic E-state index is -1.14. The van der Waals surface area contributed by atoms with E-state index in [4.69, 9.17) is 5.11 Å². The van der Waals surface area contributed by atoms with Crippen molar-refractivity contribution < 1.29 is 29.3 Å². The lowest BCUT2D eigenvalue weighted by Crippen LogP contribution is -2.38. The molecule has 0 aromatic heterocycles. The van der Waals surface area contributed by atoms with Crippen LogP contribution in [-0.2, 0) is 9.59 Å². The van der Waals surface area contributed by atoms with Crippen molar-refractivity contribution in [1.29, 1.82) is 0 Å². The third-order valence-corrected chi connectivity index (χ3v) is 5.82. The molecule has 1 aliphatic carbocycles. The summed E-state index contributed by atoms with van der Waals surface area (Å²) in [5, 5.41) is 28.6. The Morgan fingerprint density at radius 1 is 1.25 bits per heavy atom. The Kier molecular flexibility index (Phi) is 6.15. The van der Waals surface area contributed by atoms with E-state index in [-0.39, 0.29) is 29.6 Å². The Morgan fingerprint density at radius 3 is 2.50 bits per heavy atom. The average molecular weight is 391 g/mol. The number of halogens is 1. The van der Waals surface area contributed by atoms with Crippen LogP contribution in [0.1, 0.15) is 44.9 Å². The first-order valence-corrected chi connectivity index (χ1v) is 9.65. The van der Waals surface area contributed by atoms with Gasteiger partial charge in [0.1, 0.15) is 5.82 Å². The first-order valence-electron chi connectivity index (χ1n) is 9.65. The monoisotopic (exact) mass is 391 g/mol. The van der Waals surface area contributed by atoms with Crippen molar-refractivity contribution in [3.8, 4) is 0 Å². The molecule has 1 aliphatic heterocycles. The van der Waals surface area contributed by atoms with Gasteiger partial charge in [-0.3, -0.25) is 9.59 Å². The first-order chi connectivity index (χ1) is 13.3. The predicted molar refractivity (Wildman–Crippen MR) is 101 cm³/mol. The number of anilines is 1. The average Bonchev–Trinajstić information content (AvgIpc) is 3.18. The van der Waals surface area contributed by atoms with E-state index in [1.807, 2.05) is 0 Å². The van der Waals surface area contributed by atoms with Crippen molar-refractivity contribution in [2.24, 2.45) is 5.41 Å². The lowest BCUT2D eigenvalue weighted by molar-refractivity contribution is -0.139. The van der Waals surface area contributed by atoms with Crippen molar-refractivity contribution >= 4 is 17.6 Å². The van der Waals surface area contributed by atoms with Crippen LogP contribution in [0, 0.1) is 11.2 Å². The molecule has 1 spiro atoms. The Bertz CT molecular complexity index is 742. The van der Waals surface area contributed by atoms with E-state index in [1.54, 1.807) is 23.1 Å². The molecule has 1 aromatic carbocycles. The molecule has 3 atom stereocenters. The molecule has 1 saturated heterocycles. The largest absolute Gasteiger partial charge is 0.481 e. The molecule has 6 nitrogen and oxygen atoms in total. The van der Waals surface area contributed by atoms with Crippen LogP contribution in [0.25, 0.3) is 0 Å². The topological polar surface area (TPSA) is 98.1 Å². The van der Waals surface area contributed by atoms with Crippen molar-refractivity contribution in [3.05, 3.63) is 42.2 Å². The number of carboxylic acid groups (broad SMARTS) is 1. The number of aliphatic hydroxyl groups excluding tert-OH is 2. The molecule has 0 radical (unpaired) electrons. The summed E-state index contributed by atoms with van der Waals surface area (Å²) in [5.41, 5.74) is 0.409. The zero-order valence-corrected chi connectivity index (χ0v) is 15.6. The normalized spacial score (nSPS) is 23.6. The van der Waals surface area contributed by atoms with Gasteiger partial charge in [0, 0.05) is 23.9 Å². The van der Waals surface area contributed by atoms with E-state index < -0.39 is 24.6 Å². The lowest BCUT2D eigenvalue weighted by Gasteiger charge is -2.33. The molecule has 1 aromatic rings. The summed E-state index contributed by atoms with van der Waals surface area (Å²) < 4.78 is 13.3. The van der Waals surface area contributed by atoms with Crippen molar-refractivity contribution in [1.82, 2.24) is 0 Å². The third-order valence-electron chi connectivity index (χ3n) is 5.82. The van der Waals surface area contributed by atoms with Gasteiger partial charge in [-0.15, -0.1) is 0 Å². The number of carboxylic acids is 1. The molecule has 1 amide bonds. The quantitative estimate of drug-likeness (QED) is 0.621. The third kappa shape index (κ3) is 4.42. The van der Waals surface area contributed by atoms with Gasteiger partial charge < -0.3 is 20.2 Å². The summed E-state index contributed by atoms with van der Waals surface area (Å²) in [4.78, 5) is 25.1. The van der Waals surface area contributed by atoms with Crippen LogP contribution in [0.5, 0.6) is 0 Å². The molecule has 1 heterocycles. The fraction of sp³-hybridized carbons (Fsp3) is 0.524. The van der Waals surface area contributed by atoms with Crippen molar-refractivity contribution in [2.45, 2.75) is 63.2 Å². The minimum absolute atomic E-state index is 0.0245. The second-order valence-electron chi connectivity index (χ2n) is 7.87. The standard InChI is InChI=1S/C21H26FNO5/c22-14-3-5-15(6-4-14)23-18(21(13-19(23)26)9-1-2-10-21)8-7-16(24)11-17(25)12-20(27)28/h3-8,16-18,24-25H,1-2,9-13H2,(H,27,28)/t16-,17?,18?/m1/s1. The Balaban J connectivity index is 1.81. The highest BCUT2D eigenvalue weighted by Gasteiger charge is 2.52. The fourth-order valence-electron chi connectivity index (χ4n) is 4.54. The molecule has 0 bridgehead atoms. The number of amides is 1. The SMILES string of the molecule is O=C(O)CC(O)C[C@H](O)C=CC1N(c2ccc(F)cc2)C(=O)CC12CCCC2. The second-order valence-corrected chi connectivity index (χ2v) is 7.87. The first kappa shape index (κ1) is 20.5. The second kappa shape index (κ2) is 8.41. The molecule has 7 heteroatoms. The Hall–Kier alpha value is -2.25. The number of hydrogen-bond acceptors (Lipinski definition) is 4. The van der Waals surface area contributed by atoms with Gasteiger partial charge in [0.05, 0.1) is 24.7 Å². The van der Waals surface area contributed by atoms with Gasteiger partial charge in [-0.05, 0) is 37.1 Å². The molecule has 2 aliphatic rings. The molecular formula is C21H26FNO5. The molecule has 152 valence electrons. The number of nitrogens with zero attached hydrogens (tertiary/aromatic N) is 1. The van der Waals surface area contributed by atoms with E-state index >= 15 is 0 Å². The maximum absolute atomic E-state index is 13.3. The summed E-state index contributed by atoms with van der Waals surface area (Å²) >= 11 is 0. The van der Waals surface area contributed by atoms with Crippen LogP contribution >= 0.6 is 0 Å². The summed E-state index contributed by atoms with van der Waals surface area (Å²) in [6.07, 6.45) is 4.94. The highest BCUT2D eigenvalue weighted by Crippen LogP contribution is 2.51. The molecule has 2 fully saturated rings. The molecule has 1 saturated carbocycles. The molecule has 2 unspecified atom stereocenters. The number of aliphatic carboxylic acids is 1. The number of hydrogen-bond donors (Lipinski definition) is 3. The van der Waals surface area contributed by atoms with Gasteiger partial charge in [-0.2, -0.15) is 0 Å². The highest BCUT2D eigenvalue weighted by molar-refractivity contribution is 5.97. The van der Waals surface area contributed by atoms with Gasteiger partial charge in [0.15, 0.2) is 0 Å². The van der Waals surface area contributed by atoms with E-state index in [2.05, 4.69) is 0 Å².